The lowest BCUT2D eigenvalue weighted by Crippen LogP contribution is -2.02. The lowest BCUT2D eigenvalue weighted by Gasteiger charge is -2.10. The maximum Gasteiger partial charge on any atom is 0.272 e. The van der Waals surface area contributed by atoms with E-state index >= 15 is 0 Å². The number of nitro benzene ring substituents is 1. The number of nitro groups is 1. The first kappa shape index (κ1) is 20.4. The second-order valence-corrected chi connectivity index (χ2v) is 6.70. The number of furan rings is 1. The lowest BCUT2D eigenvalue weighted by atomic mass is 10.00. The standard InChI is InChI=1S/C23H20N4O3/c1-14-15(2)22(27(28)29)10-9-19(14)23-11-8-18(30-23)12-17(13-24)16(3)26-21-7-5-4-6-20(21)25/h4-12,26H,3,25H2,1-2H3/b17-12+. The van der Waals surface area contributed by atoms with E-state index in [1.54, 1.807) is 43.3 Å². The fourth-order valence-corrected chi connectivity index (χ4v) is 3.02. The summed E-state index contributed by atoms with van der Waals surface area (Å²) < 4.78 is 5.87. The Labute approximate surface area is 173 Å². The van der Waals surface area contributed by atoms with Gasteiger partial charge in [-0.05, 0) is 49.7 Å². The number of para-hydroxylation sites is 2. The average Bonchev–Trinajstić information content (AvgIpc) is 3.17. The van der Waals surface area contributed by atoms with Crippen LogP contribution < -0.4 is 11.1 Å². The number of rotatable bonds is 6. The molecule has 3 N–H and O–H groups in total. The number of nitrogens with zero attached hydrogens (tertiary/aromatic N) is 2. The quantitative estimate of drug-likeness (QED) is 0.183. The van der Waals surface area contributed by atoms with Gasteiger partial charge in [-0.2, -0.15) is 5.26 Å². The molecular weight excluding hydrogens is 380 g/mol. The van der Waals surface area contributed by atoms with Crippen LogP contribution in [0, 0.1) is 35.3 Å². The van der Waals surface area contributed by atoms with Crippen LogP contribution >= 0.6 is 0 Å². The molecule has 0 atom stereocenters. The van der Waals surface area contributed by atoms with Crippen molar-refractivity contribution in [1.29, 1.82) is 5.26 Å². The molecule has 0 spiro atoms. The Morgan fingerprint density at radius 3 is 2.60 bits per heavy atom. The van der Waals surface area contributed by atoms with Crippen molar-refractivity contribution in [3.8, 4) is 17.4 Å². The van der Waals surface area contributed by atoms with Crippen molar-refractivity contribution in [2.24, 2.45) is 0 Å². The van der Waals surface area contributed by atoms with Crippen molar-refractivity contribution < 1.29 is 9.34 Å². The number of hydrogen-bond donors (Lipinski definition) is 2. The number of benzene rings is 2. The van der Waals surface area contributed by atoms with Crippen molar-refractivity contribution >= 4 is 23.1 Å². The topological polar surface area (TPSA) is 118 Å². The van der Waals surface area contributed by atoms with Gasteiger partial charge in [-0.15, -0.1) is 0 Å². The minimum atomic E-state index is -0.403. The summed E-state index contributed by atoms with van der Waals surface area (Å²) in [5, 5.41) is 23.7. The van der Waals surface area contributed by atoms with Crippen molar-refractivity contribution in [1.82, 2.24) is 0 Å². The van der Waals surface area contributed by atoms with Gasteiger partial charge in [0.05, 0.1) is 21.9 Å². The van der Waals surface area contributed by atoms with E-state index in [-0.39, 0.29) is 11.3 Å². The molecule has 0 unspecified atom stereocenters. The normalized spacial score (nSPS) is 11.0. The molecular formula is C23H20N4O3. The van der Waals surface area contributed by atoms with E-state index in [1.165, 1.54) is 6.07 Å². The highest BCUT2D eigenvalue weighted by atomic mass is 16.6. The monoisotopic (exact) mass is 400 g/mol. The van der Waals surface area contributed by atoms with Crippen LogP contribution in [0.25, 0.3) is 17.4 Å². The molecule has 3 rings (SSSR count). The molecule has 30 heavy (non-hydrogen) atoms. The number of nitriles is 1. The largest absolute Gasteiger partial charge is 0.457 e. The Balaban J connectivity index is 1.88. The summed E-state index contributed by atoms with van der Waals surface area (Å²) in [6, 6.07) is 15.9. The van der Waals surface area contributed by atoms with Crippen molar-refractivity contribution in [2.75, 3.05) is 11.1 Å². The summed E-state index contributed by atoms with van der Waals surface area (Å²) >= 11 is 0. The predicted molar refractivity (Wildman–Crippen MR) is 117 cm³/mol. The van der Waals surface area contributed by atoms with Crippen molar-refractivity contribution in [3.05, 3.63) is 93.4 Å². The first-order valence-electron chi connectivity index (χ1n) is 9.09. The molecule has 0 saturated carbocycles. The highest BCUT2D eigenvalue weighted by Crippen LogP contribution is 2.32. The zero-order valence-electron chi connectivity index (χ0n) is 16.6. The highest BCUT2D eigenvalue weighted by Gasteiger charge is 2.17. The first-order chi connectivity index (χ1) is 14.3. The third-order valence-electron chi connectivity index (χ3n) is 4.83. The van der Waals surface area contributed by atoms with Crippen LogP contribution in [-0.2, 0) is 0 Å². The van der Waals surface area contributed by atoms with Crippen molar-refractivity contribution in [2.45, 2.75) is 13.8 Å². The van der Waals surface area contributed by atoms with Crippen LogP contribution in [0.15, 0.2) is 70.8 Å². The lowest BCUT2D eigenvalue weighted by molar-refractivity contribution is -0.385. The summed E-state index contributed by atoms with van der Waals surface area (Å²) in [6.45, 7) is 7.43. The Morgan fingerprint density at radius 2 is 1.93 bits per heavy atom. The van der Waals surface area contributed by atoms with Gasteiger partial charge in [-0.3, -0.25) is 10.1 Å². The smallest absolute Gasteiger partial charge is 0.272 e. The maximum absolute atomic E-state index is 11.1. The molecule has 0 saturated heterocycles. The van der Waals surface area contributed by atoms with E-state index < -0.39 is 4.92 Å². The van der Waals surface area contributed by atoms with Crippen LogP contribution in [0.5, 0.6) is 0 Å². The molecule has 1 heterocycles. The molecule has 150 valence electrons. The molecule has 2 aromatic carbocycles. The Morgan fingerprint density at radius 1 is 1.20 bits per heavy atom. The van der Waals surface area contributed by atoms with Gasteiger partial charge in [0.15, 0.2) is 0 Å². The van der Waals surface area contributed by atoms with Gasteiger partial charge in [0.1, 0.15) is 17.6 Å². The maximum atomic E-state index is 11.1. The van der Waals surface area contributed by atoms with Crippen LogP contribution in [0.3, 0.4) is 0 Å². The van der Waals surface area contributed by atoms with Crippen LogP contribution in [0.4, 0.5) is 17.1 Å². The van der Waals surface area contributed by atoms with Gasteiger partial charge in [-0.1, -0.05) is 18.7 Å². The van der Waals surface area contributed by atoms with E-state index in [9.17, 15) is 15.4 Å². The molecule has 0 aliphatic heterocycles. The molecule has 0 aliphatic rings. The zero-order valence-corrected chi connectivity index (χ0v) is 16.6. The van der Waals surface area contributed by atoms with Gasteiger partial charge >= 0.3 is 0 Å². The van der Waals surface area contributed by atoms with Crippen LogP contribution in [-0.4, -0.2) is 4.92 Å². The zero-order chi connectivity index (χ0) is 21.8. The molecule has 0 aliphatic carbocycles. The Hall–Kier alpha value is -4.31. The third kappa shape index (κ3) is 4.08. The molecule has 1 aromatic heterocycles. The fourth-order valence-electron chi connectivity index (χ4n) is 3.02. The number of nitrogens with two attached hydrogens (primary N) is 1. The third-order valence-corrected chi connectivity index (χ3v) is 4.83. The molecule has 3 aromatic rings. The molecule has 0 radical (unpaired) electrons. The van der Waals surface area contributed by atoms with Gasteiger partial charge in [0.2, 0.25) is 0 Å². The van der Waals surface area contributed by atoms with Gasteiger partial charge < -0.3 is 15.5 Å². The van der Waals surface area contributed by atoms with Gasteiger partial charge in [0, 0.05) is 29.0 Å². The fraction of sp³-hybridized carbons (Fsp3) is 0.0870. The van der Waals surface area contributed by atoms with Gasteiger partial charge in [-0.25, -0.2) is 0 Å². The second-order valence-electron chi connectivity index (χ2n) is 6.70. The number of anilines is 2. The summed E-state index contributed by atoms with van der Waals surface area (Å²) in [5.74, 6) is 1.01. The number of nitrogen functional groups attached to an aromatic ring is 1. The van der Waals surface area contributed by atoms with Crippen LogP contribution in [0.1, 0.15) is 16.9 Å². The summed E-state index contributed by atoms with van der Waals surface area (Å²) in [5.41, 5.74) is 9.96. The summed E-state index contributed by atoms with van der Waals surface area (Å²) in [4.78, 5) is 10.7. The highest BCUT2D eigenvalue weighted by molar-refractivity contribution is 5.73. The molecule has 0 amide bonds. The van der Waals surface area contributed by atoms with E-state index in [4.69, 9.17) is 10.2 Å². The Kier molecular flexibility index (Phi) is 5.70. The van der Waals surface area contributed by atoms with E-state index in [0.29, 0.717) is 34.2 Å². The minimum absolute atomic E-state index is 0.0669. The number of hydrogen-bond acceptors (Lipinski definition) is 6. The first-order valence-corrected chi connectivity index (χ1v) is 9.09. The molecule has 0 fully saturated rings. The number of nitrogens with one attached hydrogen (secondary N) is 1. The predicted octanol–water partition coefficient (Wildman–Crippen LogP) is 5.59. The minimum Gasteiger partial charge on any atom is -0.457 e. The average molecular weight is 400 g/mol. The SMILES string of the molecule is C=C(Nc1ccccc1N)/C(C#N)=C/c1ccc(-c2ccc([N+](=O)[O-])c(C)c2C)o1. The van der Waals surface area contributed by atoms with E-state index in [1.807, 2.05) is 19.1 Å². The van der Waals surface area contributed by atoms with Gasteiger partial charge in [0.25, 0.3) is 5.69 Å². The van der Waals surface area contributed by atoms with Crippen molar-refractivity contribution in [3.63, 3.8) is 0 Å². The second kappa shape index (κ2) is 8.37. The molecule has 7 heteroatoms. The number of allylic oxidation sites excluding steroid dienone is 1. The summed E-state index contributed by atoms with van der Waals surface area (Å²) in [7, 11) is 0. The summed E-state index contributed by atoms with van der Waals surface area (Å²) in [6.07, 6.45) is 1.57. The van der Waals surface area contributed by atoms with Crippen LogP contribution in [0.2, 0.25) is 0 Å². The molecule has 0 bridgehead atoms. The molecule has 7 nitrogen and oxygen atoms in total. The van der Waals surface area contributed by atoms with E-state index in [0.717, 1.165) is 11.1 Å². The van der Waals surface area contributed by atoms with E-state index in [2.05, 4.69) is 18.0 Å². The Bertz CT molecular complexity index is 1220.